The maximum atomic E-state index is 5.93. The first-order valence-electron chi connectivity index (χ1n) is 6.81. The minimum absolute atomic E-state index is 0.430. The number of hydrogen-bond donors (Lipinski definition) is 1. The first kappa shape index (κ1) is 13.0. The number of hydrogen-bond acceptors (Lipinski definition) is 2. The summed E-state index contributed by atoms with van der Waals surface area (Å²) in [6.07, 6.45) is 10.7. The molecule has 15 heavy (non-hydrogen) atoms. The minimum Gasteiger partial charge on any atom is -0.328 e. The van der Waals surface area contributed by atoms with Crippen LogP contribution in [0.15, 0.2) is 0 Å². The number of rotatable bonds is 5. The maximum absolute atomic E-state index is 5.93. The Morgan fingerprint density at radius 3 is 2.27 bits per heavy atom. The fourth-order valence-corrected chi connectivity index (χ4v) is 2.32. The molecule has 0 amide bonds. The Labute approximate surface area is 95.2 Å². The van der Waals surface area contributed by atoms with Gasteiger partial charge in [0.25, 0.3) is 0 Å². The average molecular weight is 212 g/mol. The summed E-state index contributed by atoms with van der Waals surface area (Å²) in [4.78, 5) is 2.64. The van der Waals surface area contributed by atoms with Gasteiger partial charge in [0.15, 0.2) is 0 Å². The second-order valence-electron chi connectivity index (χ2n) is 4.92. The van der Waals surface area contributed by atoms with E-state index in [0.717, 1.165) is 6.42 Å². The van der Waals surface area contributed by atoms with Gasteiger partial charge in [-0.25, -0.2) is 0 Å². The fraction of sp³-hybridized carbons (Fsp3) is 1.00. The van der Waals surface area contributed by atoms with E-state index in [-0.39, 0.29) is 0 Å². The highest BCUT2D eigenvalue weighted by atomic mass is 15.1. The Bertz CT molecular complexity index is 139. The number of nitrogens with zero attached hydrogens (tertiary/aromatic N) is 1. The van der Waals surface area contributed by atoms with Crippen LogP contribution in [-0.2, 0) is 0 Å². The van der Waals surface area contributed by atoms with Crippen LogP contribution in [0.3, 0.4) is 0 Å². The molecule has 0 saturated carbocycles. The van der Waals surface area contributed by atoms with Crippen LogP contribution in [0.2, 0.25) is 0 Å². The first-order chi connectivity index (χ1) is 7.33. The van der Waals surface area contributed by atoms with Crippen molar-refractivity contribution in [2.24, 2.45) is 5.73 Å². The Balaban J connectivity index is 2.07. The van der Waals surface area contributed by atoms with Crippen LogP contribution >= 0.6 is 0 Å². The molecule has 1 unspecified atom stereocenters. The van der Waals surface area contributed by atoms with Crippen LogP contribution in [0.25, 0.3) is 0 Å². The Morgan fingerprint density at radius 1 is 1.07 bits per heavy atom. The van der Waals surface area contributed by atoms with Crippen molar-refractivity contribution in [1.82, 2.24) is 4.90 Å². The van der Waals surface area contributed by atoms with Crippen LogP contribution in [0, 0.1) is 0 Å². The molecule has 0 bridgehead atoms. The molecule has 1 rings (SSSR count). The Kier molecular flexibility index (Phi) is 7.03. The maximum Gasteiger partial charge on any atom is 0.00366 e. The summed E-state index contributed by atoms with van der Waals surface area (Å²) in [6.45, 7) is 6.09. The third-order valence-corrected chi connectivity index (χ3v) is 3.52. The molecule has 1 heterocycles. The van der Waals surface area contributed by atoms with Crippen molar-refractivity contribution in [3.63, 3.8) is 0 Å². The molecule has 90 valence electrons. The van der Waals surface area contributed by atoms with Crippen LogP contribution in [0.5, 0.6) is 0 Å². The summed E-state index contributed by atoms with van der Waals surface area (Å²) in [6, 6.07) is 0.430. The standard InChI is InChI=1S/C13H28N2/c1-2-13(14)9-8-12-15-10-6-4-3-5-7-11-15/h13H,2-12,14H2,1H3. The highest BCUT2D eigenvalue weighted by molar-refractivity contribution is 4.65. The molecule has 1 aliphatic rings. The van der Waals surface area contributed by atoms with E-state index < -0.39 is 0 Å². The van der Waals surface area contributed by atoms with Gasteiger partial charge >= 0.3 is 0 Å². The molecule has 0 aliphatic carbocycles. The normalized spacial score (nSPS) is 22.0. The van der Waals surface area contributed by atoms with E-state index in [1.807, 2.05) is 0 Å². The monoisotopic (exact) mass is 212 g/mol. The Morgan fingerprint density at radius 2 is 1.67 bits per heavy atom. The van der Waals surface area contributed by atoms with Gasteiger partial charge in [0.05, 0.1) is 0 Å². The zero-order chi connectivity index (χ0) is 10.9. The van der Waals surface area contributed by atoms with Gasteiger partial charge in [0, 0.05) is 6.04 Å². The molecule has 0 aromatic carbocycles. The topological polar surface area (TPSA) is 29.3 Å². The largest absolute Gasteiger partial charge is 0.328 e. The van der Waals surface area contributed by atoms with Crippen LogP contribution in [0.4, 0.5) is 0 Å². The summed E-state index contributed by atoms with van der Waals surface area (Å²) in [7, 11) is 0. The highest BCUT2D eigenvalue weighted by Gasteiger charge is 2.08. The van der Waals surface area contributed by atoms with Gasteiger partial charge in [0.2, 0.25) is 0 Å². The van der Waals surface area contributed by atoms with Gasteiger partial charge in [-0.1, -0.05) is 26.2 Å². The van der Waals surface area contributed by atoms with E-state index in [1.54, 1.807) is 0 Å². The van der Waals surface area contributed by atoms with Gasteiger partial charge in [-0.15, -0.1) is 0 Å². The molecule has 0 aromatic rings. The SMILES string of the molecule is CCC(N)CCCN1CCCCCCC1. The summed E-state index contributed by atoms with van der Waals surface area (Å²) in [5.41, 5.74) is 5.93. The smallest absolute Gasteiger partial charge is 0.00366 e. The predicted molar refractivity (Wildman–Crippen MR) is 67.0 cm³/mol. The van der Waals surface area contributed by atoms with Crippen LogP contribution in [0.1, 0.15) is 58.3 Å². The van der Waals surface area contributed by atoms with Crippen molar-refractivity contribution >= 4 is 0 Å². The van der Waals surface area contributed by atoms with Crippen molar-refractivity contribution in [3.8, 4) is 0 Å². The Hall–Kier alpha value is -0.0800. The summed E-state index contributed by atoms with van der Waals surface area (Å²) in [5.74, 6) is 0. The zero-order valence-corrected chi connectivity index (χ0v) is 10.4. The molecule has 2 N–H and O–H groups in total. The van der Waals surface area contributed by atoms with Gasteiger partial charge < -0.3 is 10.6 Å². The second kappa shape index (κ2) is 8.12. The van der Waals surface area contributed by atoms with Crippen LogP contribution < -0.4 is 5.73 Å². The molecule has 1 fully saturated rings. The van der Waals surface area contributed by atoms with Crippen LogP contribution in [-0.4, -0.2) is 30.6 Å². The van der Waals surface area contributed by atoms with Gasteiger partial charge in [-0.05, 0) is 51.7 Å². The summed E-state index contributed by atoms with van der Waals surface area (Å²) < 4.78 is 0. The second-order valence-corrected chi connectivity index (χ2v) is 4.92. The zero-order valence-electron chi connectivity index (χ0n) is 10.4. The highest BCUT2D eigenvalue weighted by Crippen LogP contribution is 2.11. The first-order valence-corrected chi connectivity index (χ1v) is 6.81. The van der Waals surface area contributed by atoms with Gasteiger partial charge in [0.1, 0.15) is 0 Å². The van der Waals surface area contributed by atoms with Gasteiger partial charge in [-0.3, -0.25) is 0 Å². The summed E-state index contributed by atoms with van der Waals surface area (Å²) in [5, 5.41) is 0. The van der Waals surface area contributed by atoms with Crippen molar-refractivity contribution in [2.75, 3.05) is 19.6 Å². The molecule has 0 spiro atoms. The van der Waals surface area contributed by atoms with Gasteiger partial charge in [-0.2, -0.15) is 0 Å². The molecule has 2 heteroatoms. The van der Waals surface area contributed by atoms with Crippen molar-refractivity contribution in [1.29, 1.82) is 0 Å². The molecule has 0 radical (unpaired) electrons. The number of nitrogens with two attached hydrogens (primary N) is 1. The predicted octanol–water partition coefficient (Wildman–Crippen LogP) is 2.77. The molecule has 1 aliphatic heterocycles. The minimum atomic E-state index is 0.430. The van der Waals surface area contributed by atoms with Crippen molar-refractivity contribution in [3.05, 3.63) is 0 Å². The molecule has 1 atom stereocenters. The fourth-order valence-electron chi connectivity index (χ4n) is 2.32. The third-order valence-electron chi connectivity index (χ3n) is 3.52. The van der Waals surface area contributed by atoms with E-state index >= 15 is 0 Å². The lowest BCUT2D eigenvalue weighted by Gasteiger charge is -2.24. The van der Waals surface area contributed by atoms with E-state index in [0.29, 0.717) is 6.04 Å². The molecular formula is C13H28N2. The lowest BCUT2D eigenvalue weighted by molar-refractivity contribution is 0.240. The molecular weight excluding hydrogens is 184 g/mol. The molecule has 1 saturated heterocycles. The molecule has 0 aromatic heterocycles. The van der Waals surface area contributed by atoms with Crippen molar-refractivity contribution < 1.29 is 0 Å². The van der Waals surface area contributed by atoms with E-state index in [4.69, 9.17) is 5.73 Å². The van der Waals surface area contributed by atoms with E-state index in [2.05, 4.69) is 11.8 Å². The van der Waals surface area contributed by atoms with E-state index in [1.165, 1.54) is 64.6 Å². The third kappa shape index (κ3) is 6.16. The van der Waals surface area contributed by atoms with E-state index in [9.17, 15) is 0 Å². The average Bonchev–Trinajstić information content (AvgIpc) is 2.20. The summed E-state index contributed by atoms with van der Waals surface area (Å²) >= 11 is 0. The lowest BCUT2D eigenvalue weighted by Crippen LogP contribution is -2.29. The number of likely N-dealkylation sites (tertiary alicyclic amines) is 1. The quantitative estimate of drug-likeness (QED) is 0.759. The van der Waals surface area contributed by atoms with Crippen molar-refractivity contribution in [2.45, 2.75) is 64.3 Å². The lowest BCUT2D eigenvalue weighted by atomic mass is 10.1. The molecule has 2 nitrogen and oxygen atoms in total.